The monoisotopic (exact) mass is 247 g/mol. The second-order valence-electron chi connectivity index (χ2n) is 4.61. The Morgan fingerprint density at radius 3 is 2.63 bits per heavy atom. The first-order valence-electron chi connectivity index (χ1n) is 6.02. The van der Waals surface area contributed by atoms with Crippen molar-refractivity contribution in [3.63, 3.8) is 0 Å². The van der Waals surface area contributed by atoms with Gasteiger partial charge in [0.25, 0.3) is 0 Å². The molecule has 2 aromatic rings. The molecule has 2 aliphatic rings. The van der Waals surface area contributed by atoms with E-state index >= 15 is 0 Å². The molecule has 4 rings (SSSR count). The number of benzene rings is 2. The van der Waals surface area contributed by atoms with Crippen molar-refractivity contribution in [2.45, 2.75) is 0 Å². The van der Waals surface area contributed by atoms with Gasteiger partial charge in [-0.15, -0.1) is 0 Å². The first kappa shape index (κ1) is 10.3. The summed E-state index contributed by atoms with van der Waals surface area (Å²) in [5, 5.41) is 9.24. The van der Waals surface area contributed by atoms with Gasteiger partial charge in [0.2, 0.25) is 0 Å². The Hall–Kier alpha value is -2.68. The van der Waals surface area contributed by atoms with Crippen molar-refractivity contribution in [1.29, 1.82) is 0 Å². The maximum Gasteiger partial charge on any atom is 0.336 e. The number of carboxylic acid groups (broad SMARTS) is 1. The van der Waals surface area contributed by atoms with E-state index < -0.39 is 5.97 Å². The summed E-state index contributed by atoms with van der Waals surface area (Å²) in [6, 6.07) is 13.2. The molecule has 1 N–H and O–H groups in total. The fraction of sp³-hybridized carbons (Fsp3) is 0. The van der Waals surface area contributed by atoms with E-state index in [4.69, 9.17) is 0 Å². The molecule has 1 heterocycles. The van der Waals surface area contributed by atoms with Crippen molar-refractivity contribution < 1.29 is 9.90 Å². The summed E-state index contributed by atoms with van der Waals surface area (Å²) >= 11 is 0. The Bertz CT molecular complexity index is 800. The number of aliphatic imine (C=N–C) groups is 1. The highest BCUT2D eigenvalue weighted by molar-refractivity contribution is 6.43. The van der Waals surface area contributed by atoms with Crippen LogP contribution in [0.25, 0.3) is 11.6 Å². The lowest BCUT2D eigenvalue weighted by molar-refractivity contribution is 0.0696. The van der Waals surface area contributed by atoms with Gasteiger partial charge in [-0.1, -0.05) is 30.3 Å². The van der Waals surface area contributed by atoms with Crippen molar-refractivity contribution in [2.24, 2.45) is 4.99 Å². The van der Waals surface area contributed by atoms with Gasteiger partial charge in [0.15, 0.2) is 0 Å². The van der Waals surface area contributed by atoms with Crippen molar-refractivity contribution >= 4 is 29.0 Å². The summed E-state index contributed by atoms with van der Waals surface area (Å²) in [6.07, 6.45) is 1.93. The van der Waals surface area contributed by atoms with Crippen LogP contribution in [0.5, 0.6) is 0 Å². The molecular weight excluding hydrogens is 238 g/mol. The summed E-state index contributed by atoms with van der Waals surface area (Å²) < 4.78 is 0. The first-order valence-corrected chi connectivity index (χ1v) is 6.02. The van der Waals surface area contributed by atoms with Crippen molar-refractivity contribution in [2.75, 3.05) is 0 Å². The summed E-state index contributed by atoms with van der Waals surface area (Å²) in [4.78, 5) is 15.9. The van der Waals surface area contributed by atoms with Gasteiger partial charge in [0.05, 0.1) is 17.0 Å². The smallest absolute Gasteiger partial charge is 0.336 e. The van der Waals surface area contributed by atoms with E-state index in [0.29, 0.717) is 5.56 Å². The molecule has 0 saturated carbocycles. The van der Waals surface area contributed by atoms with Crippen LogP contribution in [0.4, 0.5) is 5.69 Å². The number of aromatic carboxylic acids is 1. The number of allylic oxidation sites excluding steroid dienone is 1. The van der Waals surface area contributed by atoms with Crippen LogP contribution in [0, 0.1) is 0 Å². The van der Waals surface area contributed by atoms with E-state index in [1.54, 1.807) is 12.1 Å². The Morgan fingerprint density at radius 1 is 1.00 bits per heavy atom. The van der Waals surface area contributed by atoms with E-state index in [0.717, 1.165) is 33.7 Å². The molecule has 0 aromatic heterocycles. The predicted octanol–water partition coefficient (Wildman–Crippen LogP) is 3.37. The average Bonchev–Trinajstić information content (AvgIpc) is 2.94. The highest BCUT2D eigenvalue weighted by Crippen LogP contribution is 2.43. The molecule has 90 valence electrons. The van der Waals surface area contributed by atoms with E-state index in [2.05, 4.69) is 4.99 Å². The Morgan fingerprint density at radius 2 is 1.79 bits per heavy atom. The van der Waals surface area contributed by atoms with E-state index in [-0.39, 0.29) is 0 Å². The summed E-state index contributed by atoms with van der Waals surface area (Å²) in [6.45, 7) is 0. The van der Waals surface area contributed by atoms with Gasteiger partial charge in [-0.05, 0) is 23.8 Å². The maximum atomic E-state index is 11.3. The molecule has 0 saturated heterocycles. The van der Waals surface area contributed by atoms with Gasteiger partial charge in [0.1, 0.15) is 0 Å². The van der Waals surface area contributed by atoms with Gasteiger partial charge in [0, 0.05) is 16.7 Å². The fourth-order valence-electron chi connectivity index (χ4n) is 2.72. The van der Waals surface area contributed by atoms with Crippen LogP contribution < -0.4 is 0 Å². The molecule has 0 fully saturated rings. The number of para-hydroxylation sites is 1. The average molecular weight is 247 g/mol. The molecule has 0 unspecified atom stereocenters. The van der Waals surface area contributed by atoms with Crippen molar-refractivity contribution in [3.05, 3.63) is 64.7 Å². The zero-order valence-electron chi connectivity index (χ0n) is 9.92. The number of hydrogen-bond acceptors (Lipinski definition) is 2. The first-order chi connectivity index (χ1) is 9.25. The molecule has 3 nitrogen and oxygen atoms in total. The number of carbonyl (C=O) groups is 1. The number of fused-ring (bicyclic) bond motifs is 5. The van der Waals surface area contributed by atoms with Crippen LogP contribution in [0.3, 0.4) is 0 Å². The standard InChI is InChI=1S/C16H9NO2/c18-16(19)11-6-3-5-10-12(11)8-13-9-4-1-2-7-14(9)17-15(10)13/h1-8H,(H,18,19). The van der Waals surface area contributed by atoms with Crippen LogP contribution in [-0.2, 0) is 0 Å². The molecule has 0 radical (unpaired) electrons. The van der Waals surface area contributed by atoms with E-state index in [9.17, 15) is 9.90 Å². The molecule has 0 amide bonds. The Kier molecular flexibility index (Phi) is 1.85. The maximum absolute atomic E-state index is 11.3. The molecular formula is C16H9NO2. The summed E-state index contributed by atoms with van der Waals surface area (Å²) in [7, 11) is 0. The van der Waals surface area contributed by atoms with Crippen molar-refractivity contribution in [1.82, 2.24) is 0 Å². The Balaban J connectivity index is 2.00. The molecule has 1 aliphatic heterocycles. The van der Waals surface area contributed by atoms with Gasteiger partial charge in [-0.2, -0.15) is 0 Å². The third-order valence-electron chi connectivity index (χ3n) is 3.56. The minimum Gasteiger partial charge on any atom is -0.478 e. The van der Waals surface area contributed by atoms with Crippen LogP contribution >= 0.6 is 0 Å². The second-order valence-corrected chi connectivity index (χ2v) is 4.61. The van der Waals surface area contributed by atoms with E-state index in [1.165, 1.54) is 0 Å². The zero-order valence-corrected chi connectivity index (χ0v) is 9.92. The lowest BCUT2D eigenvalue weighted by Gasteiger charge is -2.02. The zero-order chi connectivity index (χ0) is 13.0. The van der Waals surface area contributed by atoms with E-state index in [1.807, 2.05) is 36.4 Å². The SMILES string of the molecule is O=C(O)c1cccc2c1C=C1C2=Nc2ccccc21. The largest absolute Gasteiger partial charge is 0.478 e. The highest BCUT2D eigenvalue weighted by atomic mass is 16.4. The molecule has 3 heteroatoms. The lowest BCUT2D eigenvalue weighted by atomic mass is 10.0. The minimum absolute atomic E-state index is 0.333. The van der Waals surface area contributed by atoms with Crippen LogP contribution in [0.15, 0.2) is 47.5 Å². The number of carboxylic acids is 1. The van der Waals surface area contributed by atoms with Crippen LogP contribution in [0.2, 0.25) is 0 Å². The third-order valence-corrected chi connectivity index (χ3v) is 3.56. The molecule has 1 aliphatic carbocycles. The second kappa shape index (κ2) is 3.42. The predicted molar refractivity (Wildman–Crippen MR) is 73.9 cm³/mol. The highest BCUT2D eigenvalue weighted by Gasteiger charge is 2.30. The van der Waals surface area contributed by atoms with Crippen molar-refractivity contribution in [3.8, 4) is 0 Å². The van der Waals surface area contributed by atoms with Crippen LogP contribution in [0.1, 0.15) is 27.0 Å². The normalized spacial score (nSPS) is 14.3. The quantitative estimate of drug-likeness (QED) is 0.839. The minimum atomic E-state index is -0.900. The Labute approximate surface area is 109 Å². The van der Waals surface area contributed by atoms with Gasteiger partial charge in [-0.3, -0.25) is 0 Å². The van der Waals surface area contributed by atoms with Gasteiger partial charge >= 0.3 is 5.97 Å². The van der Waals surface area contributed by atoms with Crippen LogP contribution in [-0.4, -0.2) is 16.8 Å². The van der Waals surface area contributed by atoms with Gasteiger partial charge < -0.3 is 5.11 Å². The topological polar surface area (TPSA) is 49.7 Å². The molecule has 0 atom stereocenters. The molecule has 0 bridgehead atoms. The van der Waals surface area contributed by atoms with Gasteiger partial charge in [-0.25, -0.2) is 9.79 Å². The summed E-state index contributed by atoms with van der Waals surface area (Å²) in [5.74, 6) is -0.900. The lowest BCUT2D eigenvalue weighted by Crippen LogP contribution is -2.02. The molecule has 0 spiro atoms. The third kappa shape index (κ3) is 1.27. The molecule has 19 heavy (non-hydrogen) atoms. The summed E-state index contributed by atoms with van der Waals surface area (Å²) in [5.41, 5.74) is 5.95. The number of hydrogen-bond donors (Lipinski definition) is 1. The molecule has 2 aromatic carbocycles. The number of rotatable bonds is 1. The number of nitrogens with zero attached hydrogens (tertiary/aromatic N) is 1. The fourth-order valence-corrected chi connectivity index (χ4v) is 2.72.